The van der Waals surface area contributed by atoms with E-state index >= 15 is 0 Å². The molecule has 3 nitrogen and oxygen atoms in total. The van der Waals surface area contributed by atoms with Crippen molar-refractivity contribution in [1.29, 1.82) is 0 Å². The topological polar surface area (TPSA) is 19.7 Å². The Morgan fingerprint density at radius 2 is 1.88 bits per heavy atom. The zero-order chi connectivity index (χ0) is 18.2. The summed E-state index contributed by atoms with van der Waals surface area (Å²) in [6.45, 7) is 5.23. The van der Waals surface area contributed by atoms with Crippen molar-refractivity contribution in [1.82, 2.24) is 4.90 Å². The van der Waals surface area contributed by atoms with E-state index in [1.54, 1.807) is 28.4 Å². The highest BCUT2D eigenvalue weighted by atomic mass is 32.1. The second-order valence-corrected chi connectivity index (χ2v) is 8.24. The van der Waals surface area contributed by atoms with Crippen LogP contribution in [0.3, 0.4) is 0 Å². The zero-order valence-corrected chi connectivity index (χ0v) is 16.7. The minimum absolute atomic E-state index is 0.274. The average Bonchev–Trinajstić information content (AvgIpc) is 3.02. The molecule has 1 aliphatic heterocycles. The van der Waals surface area contributed by atoms with Crippen LogP contribution in [0.1, 0.15) is 30.6 Å². The van der Waals surface area contributed by atoms with Crippen molar-refractivity contribution in [2.75, 3.05) is 31.5 Å². The van der Waals surface area contributed by atoms with Gasteiger partial charge in [-0.2, -0.15) is 0 Å². The summed E-state index contributed by atoms with van der Waals surface area (Å²) < 4.78 is 14.0. The molecule has 0 saturated carbocycles. The second-order valence-electron chi connectivity index (χ2n) is 6.83. The number of anilines is 1. The molecule has 0 aliphatic carbocycles. The Hall–Kier alpha value is -1.50. The van der Waals surface area contributed by atoms with E-state index < -0.39 is 0 Å². The molecule has 0 spiro atoms. The van der Waals surface area contributed by atoms with Crippen molar-refractivity contribution in [2.24, 2.45) is 0 Å². The summed E-state index contributed by atoms with van der Waals surface area (Å²) in [5.41, 5.74) is 0.441. The number of halogens is 1. The predicted octanol–water partition coefficient (Wildman–Crippen LogP) is 3.55. The van der Waals surface area contributed by atoms with Gasteiger partial charge in [-0.25, -0.2) is 4.39 Å². The van der Waals surface area contributed by atoms with E-state index in [2.05, 4.69) is 27.7 Å². The van der Waals surface area contributed by atoms with Gasteiger partial charge < -0.3 is 15.1 Å². The van der Waals surface area contributed by atoms with Gasteiger partial charge in [0.05, 0.1) is 38.4 Å². The number of nitrogens with one attached hydrogen (secondary N) is 2. The molecule has 2 N–H and O–H groups in total. The maximum absolute atomic E-state index is 14.0. The normalized spacial score (nSPS) is 15.4. The highest BCUT2D eigenvalue weighted by Gasteiger charge is 2.17. The third-order valence-electron chi connectivity index (χ3n) is 4.88. The Morgan fingerprint density at radius 1 is 1.12 bits per heavy atom. The van der Waals surface area contributed by atoms with Crippen molar-refractivity contribution in [3.05, 3.63) is 52.5 Å². The lowest BCUT2D eigenvalue weighted by Crippen LogP contribution is -3.12. The second kappa shape index (κ2) is 10.00. The molecule has 0 unspecified atom stereocenters. The van der Waals surface area contributed by atoms with Gasteiger partial charge in [0.2, 0.25) is 0 Å². The Bertz CT molecular complexity index is 682. The third kappa shape index (κ3) is 5.76. The van der Waals surface area contributed by atoms with Crippen LogP contribution >= 0.6 is 23.6 Å². The van der Waals surface area contributed by atoms with Gasteiger partial charge in [0.25, 0.3) is 0 Å². The summed E-state index contributed by atoms with van der Waals surface area (Å²) >= 11 is 7.36. The van der Waals surface area contributed by atoms with E-state index in [4.69, 9.17) is 12.2 Å². The van der Waals surface area contributed by atoms with Gasteiger partial charge in [-0.05, 0) is 61.5 Å². The SMILES string of the molecule is Fc1ccccc1NC(=S)N(CC[NH+]1CCCCCC1)Cc1cccs1. The summed E-state index contributed by atoms with van der Waals surface area (Å²) in [5, 5.41) is 5.78. The summed E-state index contributed by atoms with van der Waals surface area (Å²) in [4.78, 5) is 5.10. The first kappa shape index (κ1) is 19.3. The molecule has 1 fully saturated rings. The molecule has 1 aromatic carbocycles. The first-order chi connectivity index (χ1) is 12.7. The van der Waals surface area contributed by atoms with Crippen LogP contribution in [0.5, 0.6) is 0 Å². The Kier molecular flexibility index (Phi) is 7.41. The van der Waals surface area contributed by atoms with E-state index in [0.29, 0.717) is 10.8 Å². The summed E-state index contributed by atoms with van der Waals surface area (Å²) in [6, 6.07) is 10.9. The van der Waals surface area contributed by atoms with Crippen molar-refractivity contribution in [3.8, 4) is 0 Å². The first-order valence-electron chi connectivity index (χ1n) is 9.39. The Morgan fingerprint density at radius 3 is 2.58 bits per heavy atom. The minimum atomic E-state index is -0.274. The molecule has 0 atom stereocenters. The van der Waals surface area contributed by atoms with Crippen LogP contribution in [0.4, 0.5) is 10.1 Å². The molecule has 2 aromatic rings. The average molecular weight is 393 g/mol. The number of benzene rings is 1. The van der Waals surface area contributed by atoms with E-state index in [-0.39, 0.29) is 5.82 Å². The highest BCUT2D eigenvalue weighted by molar-refractivity contribution is 7.80. The molecule has 1 aliphatic rings. The Labute approximate surface area is 164 Å². The summed E-state index contributed by atoms with van der Waals surface area (Å²) in [5.74, 6) is -0.274. The summed E-state index contributed by atoms with van der Waals surface area (Å²) in [6.07, 6.45) is 5.35. The molecular formula is C20H27FN3S2+. The van der Waals surface area contributed by atoms with Gasteiger partial charge in [0.15, 0.2) is 5.11 Å². The van der Waals surface area contributed by atoms with Crippen molar-refractivity contribution in [3.63, 3.8) is 0 Å². The van der Waals surface area contributed by atoms with Crippen molar-refractivity contribution in [2.45, 2.75) is 32.2 Å². The fraction of sp³-hybridized carbons (Fsp3) is 0.450. The molecular weight excluding hydrogens is 365 g/mol. The Balaban J connectivity index is 1.63. The molecule has 0 bridgehead atoms. The number of hydrogen-bond donors (Lipinski definition) is 2. The maximum atomic E-state index is 14.0. The number of rotatable bonds is 6. The minimum Gasteiger partial charge on any atom is -0.338 e. The molecule has 140 valence electrons. The molecule has 1 saturated heterocycles. The number of thiocarbonyl (C=S) groups is 1. The van der Waals surface area contributed by atoms with Crippen LogP contribution in [0, 0.1) is 5.82 Å². The molecule has 3 rings (SSSR count). The lowest BCUT2D eigenvalue weighted by atomic mass is 10.2. The fourth-order valence-electron chi connectivity index (χ4n) is 3.37. The van der Waals surface area contributed by atoms with Gasteiger partial charge in [0.1, 0.15) is 5.82 Å². The number of nitrogens with zero attached hydrogens (tertiary/aromatic N) is 1. The van der Waals surface area contributed by atoms with Crippen LogP contribution < -0.4 is 10.2 Å². The number of likely N-dealkylation sites (tertiary alicyclic amines) is 1. The maximum Gasteiger partial charge on any atom is 0.174 e. The van der Waals surface area contributed by atoms with Crippen LogP contribution in [0.2, 0.25) is 0 Å². The molecule has 0 amide bonds. The van der Waals surface area contributed by atoms with Crippen molar-refractivity contribution >= 4 is 34.4 Å². The largest absolute Gasteiger partial charge is 0.338 e. The molecule has 1 aromatic heterocycles. The molecule has 26 heavy (non-hydrogen) atoms. The van der Waals surface area contributed by atoms with Crippen LogP contribution in [0.25, 0.3) is 0 Å². The van der Waals surface area contributed by atoms with Gasteiger partial charge in [0, 0.05) is 4.88 Å². The van der Waals surface area contributed by atoms with E-state index in [1.807, 2.05) is 6.07 Å². The summed E-state index contributed by atoms with van der Waals surface area (Å²) in [7, 11) is 0. The van der Waals surface area contributed by atoms with Gasteiger partial charge in [-0.1, -0.05) is 18.2 Å². The van der Waals surface area contributed by atoms with Crippen LogP contribution in [-0.4, -0.2) is 36.2 Å². The lowest BCUT2D eigenvalue weighted by Gasteiger charge is -2.27. The predicted molar refractivity (Wildman–Crippen MR) is 111 cm³/mol. The van der Waals surface area contributed by atoms with Crippen LogP contribution in [0.15, 0.2) is 41.8 Å². The number of para-hydroxylation sites is 1. The van der Waals surface area contributed by atoms with Gasteiger partial charge in [-0.3, -0.25) is 0 Å². The first-order valence-corrected chi connectivity index (χ1v) is 10.7. The van der Waals surface area contributed by atoms with E-state index in [1.165, 1.54) is 49.7 Å². The highest BCUT2D eigenvalue weighted by Crippen LogP contribution is 2.16. The molecule has 2 heterocycles. The number of thiophene rings is 1. The molecule has 0 radical (unpaired) electrons. The monoisotopic (exact) mass is 392 g/mol. The van der Waals surface area contributed by atoms with Crippen molar-refractivity contribution < 1.29 is 9.29 Å². The number of hydrogen-bond acceptors (Lipinski definition) is 2. The van der Waals surface area contributed by atoms with Gasteiger partial charge in [-0.15, -0.1) is 11.3 Å². The fourth-order valence-corrected chi connectivity index (χ4v) is 4.36. The van der Waals surface area contributed by atoms with Crippen LogP contribution in [-0.2, 0) is 6.54 Å². The quantitative estimate of drug-likeness (QED) is 0.734. The lowest BCUT2D eigenvalue weighted by molar-refractivity contribution is -0.898. The number of quaternary nitrogens is 1. The molecule has 6 heteroatoms. The van der Waals surface area contributed by atoms with E-state index in [0.717, 1.165) is 19.6 Å². The standard InChI is InChI=1S/C20H26FN3S2/c21-18-9-3-4-10-19(18)22-20(25)24(16-17-8-7-15-26-17)14-13-23-11-5-1-2-6-12-23/h3-4,7-10,15H,1-2,5-6,11-14,16H2,(H,22,25)/p+1. The smallest absolute Gasteiger partial charge is 0.174 e. The third-order valence-corrected chi connectivity index (χ3v) is 6.10. The van der Waals surface area contributed by atoms with E-state index in [9.17, 15) is 4.39 Å². The zero-order valence-electron chi connectivity index (χ0n) is 15.0. The van der Waals surface area contributed by atoms with Gasteiger partial charge >= 0.3 is 0 Å².